The predicted molar refractivity (Wildman–Crippen MR) is 82.4 cm³/mol. The van der Waals surface area contributed by atoms with E-state index in [2.05, 4.69) is 5.32 Å². The summed E-state index contributed by atoms with van der Waals surface area (Å²) in [7, 11) is 0. The number of hydrogen-bond acceptors (Lipinski definition) is 4. The number of Topliss-reactive ketones (excluding diaryl/α,β-unsaturated/α-hetero) is 1. The Morgan fingerprint density at radius 1 is 1.10 bits per heavy atom. The second kappa shape index (κ2) is 6.56. The third-order valence-corrected chi connectivity index (χ3v) is 3.42. The first-order chi connectivity index (χ1) is 9.99. The Morgan fingerprint density at radius 2 is 1.67 bits per heavy atom. The second-order valence-electron chi connectivity index (χ2n) is 4.18. The number of halogens is 2. The highest BCUT2D eigenvalue weighted by Crippen LogP contribution is 2.29. The molecule has 0 amide bonds. The molecule has 2 aromatic rings. The Labute approximate surface area is 130 Å². The lowest BCUT2D eigenvalue weighted by Crippen LogP contribution is -2.14. The molecule has 5 nitrogen and oxygen atoms in total. The topological polar surface area (TPSA) is 72.2 Å². The number of benzene rings is 2. The van der Waals surface area contributed by atoms with Crippen molar-refractivity contribution < 1.29 is 9.72 Å². The van der Waals surface area contributed by atoms with E-state index in [-0.39, 0.29) is 18.0 Å². The number of nitro benzene ring substituents is 1. The van der Waals surface area contributed by atoms with E-state index in [0.29, 0.717) is 21.3 Å². The lowest BCUT2D eigenvalue weighted by molar-refractivity contribution is -0.384. The Bertz CT molecular complexity index is 667. The molecule has 2 rings (SSSR count). The van der Waals surface area contributed by atoms with E-state index >= 15 is 0 Å². The molecular weight excluding hydrogens is 315 g/mol. The van der Waals surface area contributed by atoms with E-state index < -0.39 is 4.92 Å². The third kappa shape index (κ3) is 3.71. The zero-order chi connectivity index (χ0) is 15.4. The first-order valence-electron chi connectivity index (χ1n) is 5.94. The fourth-order valence-electron chi connectivity index (χ4n) is 1.71. The molecule has 0 aliphatic heterocycles. The van der Waals surface area contributed by atoms with Crippen molar-refractivity contribution in [3.8, 4) is 0 Å². The van der Waals surface area contributed by atoms with Gasteiger partial charge in [0.1, 0.15) is 0 Å². The molecule has 0 aliphatic rings. The Balaban J connectivity index is 2.06. The molecule has 0 aromatic heterocycles. The summed E-state index contributed by atoms with van der Waals surface area (Å²) in [5, 5.41) is 14.2. The maximum Gasteiger partial charge on any atom is 0.269 e. The van der Waals surface area contributed by atoms with Gasteiger partial charge in [-0.15, -0.1) is 0 Å². The first kappa shape index (κ1) is 15.3. The van der Waals surface area contributed by atoms with Gasteiger partial charge in [0.2, 0.25) is 0 Å². The average Bonchev–Trinajstić information content (AvgIpc) is 2.46. The van der Waals surface area contributed by atoms with Crippen LogP contribution < -0.4 is 5.32 Å². The molecule has 108 valence electrons. The van der Waals surface area contributed by atoms with Crippen LogP contribution in [0.15, 0.2) is 42.5 Å². The summed E-state index contributed by atoms with van der Waals surface area (Å²) in [6.45, 7) is -0.0126. The van der Waals surface area contributed by atoms with Gasteiger partial charge in [-0.1, -0.05) is 29.3 Å². The van der Waals surface area contributed by atoms with E-state index in [1.165, 1.54) is 24.3 Å². The maximum absolute atomic E-state index is 12.0. The van der Waals surface area contributed by atoms with E-state index in [4.69, 9.17) is 23.2 Å². The van der Waals surface area contributed by atoms with Gasteiger partial charge in [0.25, 0.3) is 5.69 Å². The van der Waals surface area contributed by atoms with E-state index in [1.807, 2.05) is 0 Å². The second-order valence-corrected chi connectivity index (χ2v) is 4.99. The Morgan fingerprint density at radius 3 is 2.19 bits per heavy atom. The molecule has 0 bridgehead atoms. The van der Waals surface area contributed by atoms with Gasteiger partial charge >= 0.3 is 0 Å². The maximum atomic E-state index is 12.0. The molecule has 0 unspecified atom stereocenters. The average molecular weight is 325 g/mol. The fourth-order valence-corrected chi connectivity index (χ4v) is 2.24. The standard InChI is InChI=1S/C14H10Cl2N2O3/c15-11-2-1-3-12(16)14(11)17-8-13(19)9-4-6-10(7-5-9)18(20)21/h1-7,17H,8H2. The summed E-state index contributed by atoms with van der Waals surface area (Å²) in [6, 6.07) is 10.4. The molecule has 0 spiro atoms. The third-order valence-electron chi connectivity index (χ3n) is 2.79. The van der Waals surface area contributed by atoms with Crippen molar-refractivity contribution in [2.75, 3.05) is 11.9 Å². The summed E-state index contributed by atoms with van der Waals surface area (Å²) in [5.74, 6) is -0.221. The molecule has 0 aliphatic carbocycles. The van der Waals surface area contributed by atoms with Crippen LogP contribution >= 0.6 is 23.2 Å². The smallest absolute Gasteiger partial charge is 0.269 e. The van der Waals surface area contributed by atoms with E-state index in [1.54, 1.807) is 18.2 Å². The van der Waals surface area contributed by atoms with Gasteiger partial charge in [0.15, 0.2) is 5.78 Å². The minimum atomic E-state index is -0.518. The van der Waals surface area contributed by atoms with E-state index in [0.717, 1.165) is 0 Å². The van der Waals surface area contributed by atoms with Crippen LogP contribution in [0.5, 0.6) is 0 Å². The molecule has 2 aromatic carbocycles. The molecule has 0 saturated carbocycles. The zero-order valence-electron chi connectivity index (χ0n) is 10.7. The number of non-ortho nitro benzene ring substituents is 1. The number of rotatable bonds is 5. The monoisotopic (exact) mass is 324 g/mol. The summed E-state index contributed by atoms with van der Waals surface area (Å²) >= 11 is 12.0. The fraction of sp³-hybridized carbons (Fsp3) is 0.0714. The summed E-state index contributed by atoms with van der Waals surface area (Å²) in [4.78, 5) is 22.0. The molecule has 0 fully saturated rings. The number of carbonyl (C=O) groups is 1. The number of hydrogen-bond donors (Lipinski definition) is 1. The molecule has 0 radical (unpaired) electrons. The van der Waals surface area contributed by atoms with Gasteiger partial charge in [0, 0.05) is 17.7 Å². The van der Waals surface area contributed by atoms with Gasteiger partial charge in [-0.2, -0.15) is 0 Å². The number of para-hydroxylation sites is 1. The Kier molecular flexibility index (Phi) is 4.77. The van der Waals surface area contributed by atoms with Crippen LogP contribution in [0, 0.1) is 10.1 Å². The van der Waals surface area contributed by atoms with Crippen molar-refractivity contribution in [1.29, 1.82) is 0 Å². The first-order valence-corrected chi connectivity index (χ1v) is 6.70. The number of ketones is 1. The summed E-state index contributed by atoms with van der Waals surface area (Å²) in [6.07, 6.45) is 0. The normalized spacial score (nSPS) is 10.2. The van der Waals surface area contributed by atoms with Crippen LogP contribution in [0.1, 0.15) is 10.4 Å². The number of nitrogens with zero attached hydrogens (tertiary/aromatic N) is 1. The number of nitrogens with one attached hydrogen (secondary N) is 1. The van der Waals surface area contributed by atoms with Crippen molar-refractivity contribution in [3.05, 3.63) is 68.2 Å². The van der Waals surface area contributed by atoms with Crippen molar-refractivity contribution in [3.63, 3.8) is 0 Å². The molecule has 0 heterocycles. The van der Waals surface area contributed by atoms with Crippen LogP contribution in [-0.2, 0) is 0 Å². The van der Waals surface area contributed by atoms with Gasteiger partial charge in [0.05, 0.1) is 27.2 Å². The van der Waals surface area contributed by atoms with Crippen molar-refractivity contribution in [2.45, 2.75) is 0 Å². The summed E-state index contributed by atoms with van der Waals surface area (Å²) < 4.78 is 0. The highest BCUT2D eigenvalue weighted by Gasteiger charge is 2.11. The van der Waals surface area contributed by atoms with Gasteiger partial charge in [-0.3, -0.25) is 14.9 Å². The minimum absolute atomic E-state index is 0.0126. The quantitative estimate of drug-likeness (QED) is 0.508. The number of carbonyl (C=O) groups excluding carboxylic acids is 1. The molecular formula is C14H10Cl2N2O3. The van der Waals surface area contributed by atoms with Crippen molar-refractivity contribution in [2.24, 2.45) is 0 Å². The summed E-state index contributed by atoms with van der Waals surface area (Å²) in [5.41, 5.74) is 0.793. The highest BCUT2D eigenvalue weighted by molar-refractivity contribution is 6.39. The molecule has 1 N–H and O–H groups in total. The van der Waals surface area contributed by atoms with Gasteiger partial charge < -0.3 is 5.32 Å². The lowest BCUT2D eigenvalue weighted by atomic mass is 10.1. The SMILES string of the molecule is O=C(CNc1c(Cl)cccc1Cl)c1ccc([N+](=O)[O-])cc1. The van der Waals surface area contributed by atoms with Crippen LogP contribution in [0.2, 0.25) is 10.0 Å². The predicted octanol–water partition coefficient (Wildman–Crippen LogP) is 4.20. The van der Waals surface area contributed by atoms with Crippen LogP contribution in [-0.4, -0.2) is 17.3 Å². The lowest BCUT2D eigenvalue weighted by Gasteiger charge is -2.09. The number of anilines is 1. The molecule has 7 heteroatoms. The molecule has 0 atom stereocenters. The van der Waals surface area contributed by atoms with Gasteiger partial charge in [-0.05, 0) is 24.3 Å². The zero-order valence-corrected chi connectivity index (χ0v) is 12.2. The molecule has 21 heavy (non-hydrogen) atoms. The van der Waals surface area contributed by atoms with E-state index in [9.17, 15) is 14.9 Å². The number of nitro groups is 1. The molecule has 0 saturated heterocycles. The van der Waals surface area contributed by atoms with Crippen LogP contribution in [0.4, 0.5) is 11.4 Å². The highest BCUT2D eigenvalue weighted by atomic mass is 35.5. The van der Waals surface area contributed by atoms with Gasteiger partial charge in [-0.25, -0.2) is 0 Å². The minimum Gasteiger partial charge on any atom is -0.375 e. The van der Waals surface area contributed by atoms with Crippen LogP contribution in [0.3, 0.4) is 0 Å². The largest absolute Gasteiger partial charge is 0.375 e. The van der Waals surface area contributed by atoms with Crippen molar-refractivity contribution in [1.82, 2.24) is 0 Å². The van der Waals surface area contributed by atoms with Crippen LogP contribution in [0.25, 0.3) is 0 Å². The Hall–Kier alpha value is -2.11. The van der Waals surface area contributed by atoms with Crippen molar-refractivity contribution >= 4 is 40.4 Å².